The topological polar surface area (TPSA) is 373 Å². The van der Waals surface area contributed by atoms with Crippen molar-refractivity contribution in [1.29, 1.82) is 0 Å². The van der Waals surface area contributed by atoms with Crippen molar-refractivity contribution in [3.8, 4) is 0 Å². The Hall–Kier alpha value is -7.82. The minimum absolute atomic E-state index is 0.00156. The molecule has 1 aliphatic heterocycles. The van der Waals surface area contributed by atoms with E-state index in [1.54, 1.807) is 50.4 Å². The molecule has 0 unspecified atom stereocenters. The molecule has 2 aromatic heterocycles. The van der Waals surface area contributed by atoms with Crippen molar-refractivity contribution in [2.45, 2.75) is 108 Å². The Balaban J connectivity index is 1.31. The van der Waals surface area contributed by atoms with E-state index in [1.165, 1.54) is 24.3 Å². The van der Waals surface area contributed by atoms with Crippen LogP contribution in [-0.4, -0.2) is 135 Å². The lowest BCUT2D eigenvalue weighted by molar-refractivity contribution is -0.141. The molecular formula is C47H65N15O8. The molecule has 0 bridgehead atoms. The predicted octanol–water partition coefficient (Wildman–Crippen LogP) is -2.01. The summed E-state index contributed by atoms with van der Waals surface area (Å²) in [5.74, 6) is -5.83. The lowest BCUT2D eigenvalue weighted by Crippen LogP contribution is -2.59. The third kappa shape index (κ3) is 15.3. The molecule has 0 radical (unpaired) electrons. The van der Waals surface area contributed by atoms with Crippen LogP contribution < -0.4 is 54.8 Å². The highest BCUT2D eigenvalue weighted by atomic mass is 16.2. The maximum absolute atomic E-state index is 14.4. The Kier molecular flexibility index (Phi) is 19.4. The molecule has 376 valence electrons. The largest absolute Gasteiger partial charge is 0.370 e. The molecule has 1 fully saturated rings. The first-order chi connectivity index (χ1) is 33.4. The lowest BCUT2D eigenvalue weighted by Gasteiger charge is -2.29. The molecule has 23 heteroatoms. The number of amides is 8. The second-order valence-corrected chi connectivity index (χ2v) is 17.6. The number of benzene rings is 2. The average molecular weight is 968 g/mol. The van der Waals surface area contributed by atoms with E-state index < -0.39 is 96.1 Å². The van der Waals surface area contributed by atoms with Gasteiger partial charge in [0, 0.05) is 61.3 Å². The molecule has 5 rings (SSSR count). The van der Waals surface area contributed by atoms with Gasteiger partial charge in [-0.1, -0.05) is 62.4 Å². The highest BCUT2D eigenvalue weighted by molar-refractivity contribution is 5.97. The number of H-pyrrole nitrogens is 2. The van der Waals surface area contributed by atoms with Gasteiger partial charge in [0.05, 0.1) is 18.9 Å². The molecule has 1 saturated heterocycles. The smallest absolute Gasteiger partial charge is 0.245 e. The third-order valence-electron chi connectivity index (χ3n) is 11.8. The Labute approximate surface area is 404 Å². The van der Waals surface area contributed by atoms with Gasteiger partial charge in [0.15, 0.2) is 5.96 Å². The molecule has 16 N–H and O–H groups in total. The number of nitrogens with two attached hydrogens (primary N) is 4. The zero-order chi connectivity index (χ0) is 50.9. The van der Waals surface area contributed by atoms with E-state index >= 15 is 0 Å². The second-order valence-electron chi connectivity index (χ2n) is 17.6. The standard InChI is InChI=1S/C47H65N15O8/c1-26(2)39(40(49)64)61-45(69)37-16-10-18-62(37)46(70)27(3)57-38(63)24-55-42(66)36(20-29-22-54-33-14-8-7-13-31(29)33)60-43(67)34(15-9-17-53-47(50)51)58-44(68)35(19-28-11-5-4-6-12-28)59-41(65)32(48)21-30-23-52-25-56-30/h4-8,11-14,22-23,25-27,32,34-37,39,54H,9-10,15-21,24,48H2,1-3H3,(H2,49,64)(H,52,56)(H,55,66)(H,57,63)(H,58,68)(H,59,65)(H,60,67)(H,61,69)(H4,50,51,53)/t27-,32-,34-,35-,36-,37-,39-/m0/s1. The van der Waals surface area contributed by atoms with Crippen LogP contribution in [0.25, 0.3) is 10.9 Å². The van der Waals surface area contributed by atoms with Gasteiger partial charge < -0.3 is 69.7 Å². The number of aliphatic imine (C=N–C) groups is 1. The number of fused-ring (bicyclic) bond motifs is 1. The number of para-hydroxylation sites is 1. The van der Waals surface area contributed by atoms with E-state index in [4.69, 9.17) is 22.9 Å². The minimum atomic E-state index is -1.31. The van der Waals surface area contributed by atoms with Gasteiger partial charge in [-0.3, -0.25) is 43.3 Å². The summed E-state index contributed by atoms with van der Waals surface area (Å²) in [6.45, 7) is 4.65. The Bertz CT molecular complexity index is 2470. The van der Waals surface area contributed by atoms with E-state index in [0.717, 1.165) is 10.9 Å². The van der Waals surface area contributed by atoms with Gasteiger partial charge in [0.2, 0.25) is 47.3 Å². The zero-order valence-corrected chi connectivity index (χ0v) is 39.5. The van der Waals surface area contributed by atoms with E-state index in [1.807, 2.05) is 24.3 Å². The summed E-state index contributed by atoms with van der Waals surface area (Å²) in [4.78, 5) is 123. The molecule has 0 saturated carbocycles. The number of carbonyl (C=O) groups excluding carboxylic acids is 8. The molecule has 4 aromatic rings. The van der Waals surface area contributed by atoms with Crippen molar-refractivity contribution in [1.82, 2.24) is 51.8 Å². The van der Waals surface area contributed by atoms with Crippen LogP contribution in [-0.2, 0) is 57.6 Å². The molecule has 0 spiro atoms. The number of nitrogens with one attached hydrogen (secondary N) is 8. The molecule has 8 amide bonds. The Morgan fingerprint density at radius 2 is 1.46 bits per heavy atom. The molecule has 3 heterocycles. The van der Waals surface area contributed by atoms with Crippen molar-refractivity contribution in [2.75, 3.05) is 19.6 Å². The molecule has 23 nitrogen and oxygen atoms in total. The van der Waals surface area contributed by atoms with E-state index in [2.05, 4.69) is 51.8 Å². The van der Waals surface area contributed by atoms with Crippen molar-refractivity contribution in [2.24, 2.45) is 33.8 Å². The predicted molar refractivity (Wildman–Crippen MR) is 259 cm³/mol. The van der Waals surface area contributed by atoms with Crippen molar-refractivity contribution >= 4 is 64.1 Å². The molecule has 1 aliphatic rings. The average Bonchev–Trinajstić information content (AvgIpc) is 4.13. The number of guanidine groups is 1. The van der Waals surface area contributed by atoms with Gasteiger partial charge in [0.1, 0.15) is 36.3 Å². The van der Waals surface area contributed by atoms with E-state index in [0.29, 0.717) is 29.7 Å². The third-order valence-corrected chi connectivity index (χ3v) is 11.8. The minimum Gasteiger partial charge on any atom is -0.370 e. The monoisotopic (exact) mass is 968 g/mol. The zero-order valence-electron chi connectivity index (χ0n) is 39.5. The highest BCUT2D eigenvalue weighted by Gasteiger charge is 2.38. The second kappa shape index (κ2) is 25.5. The number of hydrogen-bond donors (Lipinski definition) is 12. The SMILES string of the molecule is CC(C)[C@H](NC(=O)[C@@H]1CCCN1C(=O)[C@H](C)NC(=O)CNC(=O)[C@H](Cc1c[nH]c2ccccc12)NC(=O)[C@H](CCCN=C(N)N)NC(=O)[C@H](Cc1ccccc1)NC(=O)[C@@H](N)Cc1cnc[nH]1)C(N)=O. The van der Waals surface area contributed by atoms with Gasteiger partial charge in [-0.15, -0.1) is 0 Å². The fraction of sp³-hybridized carbons (Fsp3) is 0.447. The number of carbonyl (C=O) groups is 8. The maximum atomic E-state index is 14.4. The molecular weight excluding hydrogens is 903 g/mol. The van der Waals surface area contributed by atoms with Gasteiger partial charge in [-0.05, 0) is 55.7 Å². The van der Waals surface area contributed by atoms with Crippen molar-refractivity contribution < 1.29 is 38.4 Å². The fourth-order valence-corrected chi connectivity index (χ4v) is 8.12. The number of primary amides is 1. The Morgan fingerprint density at radius 1 is 0.786 bits per heavy atom. The van der Waals surface area contributed by atoms with Crippen LogP contribution in [0.1, 0.15) is 63.3 Å². The van der Waals surface area contributed by atoms with E-state index in [-0.39, 0.29) is 57.1 Å². The number of imidazole rings is 1. The van der Waals surface area contributed by atoms with Crippen LogP contribution in [0, 0.1) is 5.92 Å². The van der Waals surface area contributed by atoms with Crippen molar-refractivity contribution in [3.05, 3.63) is 90.1 Å². The number of aromatic amines is 2. The van der Waals surface area contributed by atoms with Crippen LogP contribution in [0.3, 0.4) is 0 Å². The first-order valence-electron chi connectivity index (χ1n) is 23.2. The summed E-state index contributed by atoms with van der Waals surface area (Å²) in [7, 11) is 0. The first kappa shape index (κ1) is 53.1. The van der Waals surface area contributed by atoms with Crippen LogP contribution in [0.5, 0.6) is 0 Å². The Morgan fingerprint density at radius 3 is 2.14 bits per heavy atom. The maximum Gasteiger partial charge on any atom is 0.245 e. The van der Waals surface area contributed by atoms with Crippen molar-refractivity contribution in [3.63, 3.8) is 0 Å². The van der Waals surface area contributed by atoms with Gasteiger partial charge in [-0.2, -0.15) is 0 Å². The number of nitrogens with zero attached hydrogens (tertiary/aromatic N) is 3. The number of likely N-dealkylation sites (tertiary alicyclic amines) is 1. The fourth-order valence-electron chi connectivity index (χ4n) is 8.12. The quantitative estimate of drug-likeness (QED) is 0.0195. The summed E-state index contributed by atoms with van der Waals surface area (Å²) in [6.07, 6.45) is 5.85. The van der Waals surface area contributed by atoms with E-state index in [9.17, 15) is 38.4 Å². The summed E-state index contributed by atoms with van der Waals surface area (Å²) in [5, 5.41) is 16.8. The van der Waals surface area contributed by atoms with Gasteiger partial charge in [0.25, 0.3) is 0 Å². The summed E-state index contributed by atoms with van der Waals surface area (Å²) >= 11 is 0. The summed E-state index contributed by atoms with van der Waals surface area (Å²) in [6, 6.07) is 8.50. The van der Waals surface area contributed by atoms with Crippen LogP contribution >= 0.6 is 0 Å². The van der Waals surface area contributed by atoms with Gasteiger partial charge >= 0.3 is 0 Å². The van der Waals surface area contributed by atoms with Crippen LogP contribution in [0.2, 0.25) is 0 Å². The normalized spacial score (nSPS) is 15.9. The van der Waals surface area contributed by atoms with Gasteiger partial charge in [-0.25, -0.2) is 4.98 Å². The molecule has 70 heavy (non-hydrogen) atoms. The highest BCUT2D eigenvalue weighted by Crippen LogP contribution is 2.21. The summed E-state index contributed by atoms with van der Waals surface area (Å²) in [5.41, 5.74) is 25.6. The van der Waals surface area contributed by atoms with Crippen LogP contribution in [0.4, 0.5) is 0 Å². The first-order valence-corrected chi connectivity index (χ1v) is 23.2. The number of rotatable bonds is 25. The van der Waals surface area contributed by atoms with Crippen LogP contribution in [0.15, 0.2) is 78.3 Å². The number of hydrogen-bond acceptors (Lipinski definition) is 11. The lowest BCUT2D eigenvalue weighted by atomic mass is 10.0. The molecule has 7 atom stereocenters. The summed E-state index contributed by atoms with van der Waals surface area (Å²) < 4.78 is 0. The molecule has 0 aliphatic carbocycles. The molecule has 2 aromatic carbocycles. The number of aromatic nitrogens is 3.